The van der Waals surface area contributed by atoms with E-state index < -0.39 is 0 Å². The van der Waals surface area contributed by atoms with Crippen LogP contribution in [0.15, 0.2) is 48.5 Å². The average molecular weight is 274 g/mol. The zero-order valence-corrected chi connectivity index (χ0v) is 11.3. The number of phenols is 1. The van der Waals surface area contributed by atoms with Crippen LogP contribution < -0.4 is 9.47 Å². The number of hydrogen-bond donors (Lipinski definition) is 2. The summed E-state index contributed by atoms with van der Waals surface area (Å²) in [5.74, 6) is 0.989. The molecule has 0 aromatic heterocycles. The van der Waals surface area contributed by atoms with Crippen molar-refractivity contribution in [1.29, 1.82) is 0 Å². The van der Waals surface area contributed by atoms with Gasteiger partial charge in [-0.1, -0.05) is 30.3 Å². The fourth-order valence-electron chi connectivity index (χ4n) is 2.01. The molecule has 0 spiro atoms. The highest BCUT2D eigenvalue weighted by Crippen LogP contribution is 2.29. The Morgan fingerprint density at radius 1 is 1.00 bits per heavy atom. The standard InChI is InChI=1S/C16H18O4/c1-19-15-8-4-2-6-13(15)12(10-17)11-20-16-9-5-3-7-14(16)18/h2-9,12,17-18H,10-11H2,1H3. The first kappa shape index (κ1) is 14.2. The monoisotopic (exact) mass is 274 g/mol. The number of aliphatic hydroxyl groups excluding tert-OH is 1. The number of aromatic hydroxyl groups is 1. The average Bonchev–Trinajstić information content (AvgIpc) is 2.50. The maximum Gasteiger partial charge on any atom is 0.160 e. The number of phenolic OH excluding ortho intramolecular Hbond substituents is 1. The lowest BCUT2D eigenvalue weighted by Crippen LogP contribution is -2.15. The van der Waals surface area contributed by atoms with E-state index in [0.29, 0.717) is 11.5 Å². The van der Waals surface area contributed by atoms with E-state index in [2.05, 4.69) is 0 Å². The van der Waals surface area contributed by atoms with Gasteiger partial charge in [0.15, 0.2) is 11.5 Å². The summed E-state index contributed by atoms with van der Waals surface area (Å²) in [7, 11) is 1.59. The summed E-state index contributed by atoms with van der Waals surface area (Å²) in [5.41, 5.74) is 0.882. The Balaban J connectivity index is 2.11. The van der Waals surface area contributed by atoms with Crippen LogP contribution in [-0.2, 0) is 0 Å². The van der Waals surface area contributed by atoms with Crippen molar-refractivity contribution in [1.82, 2.24) is 0 Å². The number of benzene rings is 2. The van der Waals surface area contributed by atoms with E-state index in [9.17, 15) is 10.2 Å². The number of methoxy groups -OCH3 is 1. The van der Waals surface area contributed by atoms with Crippen molar-refractivity contribution in [2.24, 2.45) is 0 Å². The molecule has 0 amide bonds. The SMILES string of the molecule is COc1ccccc1C(CO)COc1ccccc1O. The van der Waals surface area contributed by atoms with Crippen LogP contribution in [0.5, 0.6) is 17.2 Å². The maximum absolute atomic E-state index is 9.66. The molecule has 0 heterocycles. The van der Waals surface area contributed by atoms with Crippen LogP contribution in [0.1, 0.15) is 11.5 Å². The van der Waals surface area contributed by atoms with E-state index in [0.717, 1.165) is 5.56 Å². The minimum atomic E-state index is -0.217. The zero-order chi connectivity index (χ0) is 14.4. The summed E-state index contributed by atoms with van der Waals surface area (Å²) in [4.78, 5) is 0. The van der Waals surface area contributed by atoms with Crippen LogP contribution in [0.4, 0.5) is 0 Å². The van der Waals surface area contributed by atoms with Gasteiger partial charge in [-0.15, -0.1) is 0 Å². The van der Waals surface area contributed by atoms with Crippen LogP contribution in [0.2, 0.25) is 0 Å². The second-order valence-corrected chi connectivity index (χ2v) is 4.40. The Morgan fingerprint density at radius 3 is 2.30 bits per heavy atom. The molecule has 4 nitrogen and oxygen atoms in total. The molecule has 2 aromatic rings. The second-order valence-electron chi connectivity index (χ2n) is 4.40. The van der Waals surface area contributed by atoms with Gasteiger partial charge in [0, 0.05) is 11.5 Å². The van der Waals surface area contributed by atoms with Gasteiger partial charge < -0.3 is 19.7 Å². The minimum Gasteiger partial charge on any atom is -0.504 e. The van der Waals surface area contributed by atoms with Gasteiger partial charge in [-0.2, -0.15) is 0 Å². The predicted molar refractivity (Wildman–Crippen MR) is 76.4 cm³/mol. The first-order valence-electron chi connectivity index (χ1n) is 6.40. The highest BCUT2D eigenvalue weighted by Gasteiger charge is 2.16. The lowest BCUT2D eigenvalue weighted by molar-refractivity contribution is 0.199. The van der Waals surface area contributed by atoms with Crippen LogP contribution in [0.25, 0.3) is 0 Å². The highest BCUT2D eigenvalue weighted by atomic mass is 16.5. The first-order valence-corrected chi connectivity index (χ1v) is 6.40. The molecule has 0 saturated carbocycles. The van der Waals surface area contributed by atoms with Gasteiger partial charge in [-0.05, 0) is 18.2 Å². The Kier molecular flexibility index (Phi) is 4.85. The third-order valence-electron chi connectivity index (χ3n) is 3.10. The quantitative estimate of drug-likeness (QED) is 0.850. The number of aliphatic hydroxyl groups is 1. The molecule has 0 saturated heterocycles. The molecular weight excluding hydrogens is 256 g/mol. The summed E-state index contributed by atoms with van der Waals surface area (Å²) in [6.45, 7) is 0.197. The fraction of sp³-hybridized carbons (Fsp3) is 0.250. The number of hydrogen-bond acceptors (Lipinski definition) is 4. The van der Waals surface area contributed by atoms with E-state index in [4.69, 9.17) is 9.47 Å². The molecule has 2 N–H and O–H groups in total. The van der Waals surface area contributed by atoms with Crippen molar-refractivity contribution in [2.75, 3.05) is 20.3 Å². The topological polar surface area (TPSA) is 58.9 Å². The van der Waals surface area contributed by atoms with Gasteiger partial charge in [0.1, 0.15) is 5.75 Å². The van der Waals surface area contributed by atoms with Crippen LogP contribution in [0, 0.1) is 0 Å². The lowest BCUT2D eigenvalue weighted by Gasteiger charge is -2.18. The zero-order valence-electron chi connectivity index (χ0n) is 11.3. The van der Waals surface area contributed by atoms with Gasteiger partial charge in [0.2, 0.25) is 0 Å². The summed E-state index contributed by atoms with van der Waals surface area (Å²) in [6, 6.07) is 14.3. The maximum atomic E-state index is 9.66. The highest BCUT2D eigenvalue weighted by molar-refractivity contribution is 5.39. The van der Waals surface area contributed by atoms with Crippen molar-refractivity contribution in [3.05, 3.63) is 54.1 Å². The third kappa shape index (κ3) is 3.22. The van der Waals surface area contributed by atoms with Gasteiger partial charge in [-0.25, -0.2) is 0 Å². The molecule has 0 bridgehead atoms. The molecule has 0 radical (unpaired) electrons. The number of para-hydroxylation sites is 3. The summed E-state index contributed by atoms with van der Waals surface area (Å²) >= 11 is 0. The van der Waals surface area contributed by atoms with E-state index in [1.165, 1.54) is 0 Å². The Bertz CT molecular complexity index is 554. The van der Waals surface area contributed by atoms with E-state index >= 15 is 0 Å². The van der Waals surface area contributed by atoms with Crippen molar-refractivity contribution in [2.45, 2.75) is 5.92 Å². The van der Waals surface area contributed by atoms with E-state index in [-0.39, 0.29) is 24.9 Å². The van der Waals surface area contributed by atoms with Gasteiger partial charge in [0.25, 0.3) is 0 Å². The third-order valence-corrected chi connectivity index (χ3v) is 3.10. The molecule has 1 atom stereocenters. The second kappa shape index (κ2) is 6.82. The molecule has 1 unspecified atom stereocenters. The van der Waals surface area contributed by atoms with E-state index in [1.807, 2.05) is 24.3 Å². The molecule has 0 aliphatic heterocycles. The molecule has 0 aliphatic rings. The van der Waals surface area contributed by atoms with E-state index in [1.54, 1.807) is 31.4 Å². The normalized spacial score (nSPS) is 11.9. The van der Waals surface area contributed by atoms with Crippen LogP contribution >= 0.6 is 0 Å². The molecule has 4 heteroatoms. The molecular formula is C16H18O4. The number of ether oxygens (including phenoxy) is 2. The molecule has 0 fully saturated rings. The largest absolute Gasteiger partial charge is 0.504 e. The Labute approximate surface area is 118 Å². The van der Waals surface area contributed by atoms with Gasteiger partial charge in [0.05, 0.1) is 20.3 Å². The molecule has 2 aromatic carbocycles. The van der Waals surface area contributed by atoms with Crippen molar-refractivity contribution < 1.29 is 19.7 Å². The van der Waals surface area contributed by atoms with Gasteiger partial charge >= 0.3 is 0 Å². The summed E-state index contributed by atoms with van der Waals surface area (Å²) < 4.78 is 10.9. The Hall–Kier alpha value is -2.20. The summed E-state index contributed by atoms with van der Waals surface area (Å²) in [5, 5.41) is 19.2. The van der Waals surface area contributed by atoms with Gasteiger partial charge in [-0.3, -0.25) is 0 Å². The Morgan fingerprint density at radius 2 is 1.65 bits per heavy atom. The van der Waals surface area contributed by atoms with Crippen molar-refractivity contribution in [3.63, 3.8) is 0 Å². The molecule has 2 rings (SSSR count). The van der Waals surface area contributed by atoms with Crippen molar-refractivity contribution >= 4 is 0 Å². The van der Waals surface area contributed by atoms with Crippen molar-refractivity contribution in [3.8, 4) is 17.2 Å². The first-order chi connectivity index (χ1) is 9.76. The van der Waals surface area contributed by atoms with Crippen LogP contribution in [-0.4, -0.2) is 30.5 Å². The summed E-state index contributed by atoms with van der Waals surface area (Å²) in [6.07, 6.45) is 0. The number of rotatable bonds is 6. The molecule has 20 heavy (non-hydrogen) atoms. The molecule has 106 valence electrons. The lowest BCUT2D eigenvalue weighted by atomic mass is 10.00. The predicted octanol–water partition coefficient (Wildman–Crippen LogP) is 2.56. The van der Waals surface area contributed by atoms with Crippen LogP contribution in [0.3, 0.4) is 0 Å². The fourth-order valence-corrected chi connectivity index (χ4v) is 2.01. The molecule has 0 aliphatic carbocycles. The minimum absolute atomic E-state index is 0.0615. The smallest absolute Gasteiger partial charge is 0.160 e.